The van der Waals surface area contributed by atoms with E-state index in [1.807, 2.05) is 6.20 Å². The fraction of sp³-hybridized carbons (Fsp3) is 0.462. The van der Waals surface area contributed by atoms with Crippen LogP contribution in [-0.2, 0) is 17.6 Å². The molecule has 4 nitrogen and oxygen atoms in total. The molecule has 1 N–H and O–H groups in total. The van der Waals surface area contributed by atoms with E-state index in [1.54, 1.807) is 11.9 Å². The molecule has 162 valence electrons. The predicted molar refractivity (Wildman–Crippen MR) is 129 cm³/mol. The van der Waals surface area contributed by atoms with Gasteiger partial charge in [0.1, 0.15) is 0 Å². The minimum atomic E-state index is -0.762. The maximum Gasteiger partial charge on any atom is 0.307 e. The van der Waals surface area contributed by atoms with Crippen LogP contribution in [0.3, 0.4) is 0 Å². The highest BCUT2D eigenvalue weighted by atomic mass is 32.2. The lowest BCUT2D eigenvalue weighted by molar-refractivity contribution is -0.136. The third kappa shape index (κ3) is 3.04. The van der Waals surface area contributed by atoms with Crippen LogP contribution < -0.4 is 4.31 Å². The summed E-state index contributed by atoms with van der Waals surface area (Å²) >= 11 is 1.73. The molecule has 1 aromatic carbocycles. The molecule has 2 aliphatic carbocycles. The lowest BCUT2D eigenvalue weighted by Crippen LogP contribution is -2.26. The number of carboxylic acids is 1. The van der Waals surface area contributed by atoms with Crippen molar-refractivity contribution in [1.29, 1.82) is 0 Å². The molecule has 1 unspecified atom stereocenters. The number of benzene rings is 1. The van der Waals surface area contributed by atoms with Gasteiger partial charge in [-0.15, -0.1) is 0 Å². The minimum Gasteiger partial charge on any atom is -0.481 e. The van der Waals surface area contributed by atoms with E-state index in [2.05, 4.69) is 50.4 Å². The van der Waals surface area contributed by atoms with Gasteiger partial charge in [0.05, 0.1) is 23.8 Å². The number of pyridine rings is 1. The van der Waals surface area contributed by atoms with Gasteiger partial charge < -0.3 is 9.41 Å². The van der Waals surface area contributed by atoms with Gasteiger partial charge in [-0.25, -0.2) is 0 Å². The molecule has 0 spiro atoms. The van der Waals surface area contributed by atoms with Crippen molar-refractivity contribution < 1.29 is 9.90 Å². The second kappa shape index (κ2) is 7.13. The maximum absolute atomic E-state index is 12.0. The van der Waals surface area contributed by atoms with Crippen molar-refractivity contribution in [3.8, 4) is 11.1 Å². The van der Waals surface area contributed by atoms with Gasteiger partial charge in [-0.05, 0) is 78.0 Å². The average molecular weight is 435 g/mol. The normalized spacial score (nSPS) is 20.5. The van der Waals surface area contributed by atoms with Crippen LogP contribution in [0.15, 0.2) is 18.3 Å². The number of aliphatic carboxylic acids is 1. The van der Waals surface area contributed by atoms with Crippen molar-refractivity contribution in [2.45, 2.75) is 65.8 Å². The van der Waals surface area contributed by atoms with Crippen LogP contribution in [0.4, 0.5) is 5.69 Å². The van der Waals surface area contributed by atoms with Gasteiger partial charge in [-0.2, -0.15) is 0 Å². The molecule has 0 fully saturated rings. The monoisotopic (exact) mass is 434 g/mol. The predicted octanol–water partition coefficient (Wildman–Crippen LogP) is 6.34. The average Bonchev–Trinajstić information content (AvgIpc) is 3.10. The molecule has 1 aliphatic heterocycles. The van der Waals surface area contributed by atoms with E-state index < -0.39 is 5.97 Å². The highest BCUT2D eigenvalue weighted by molar-refractivity contribution is 8.00. The van der Waals surface area contributed by atoms with Crippen LogP contribution in [0, 0.1) is 12.3 Å². The molecule has 0 bridgehead atoms. The van der Waals surface area contributed by atoms with Gasteiger partial charge in [0.15, 0.2) is 0 Å². The number of allylic oxidation sites excluding steroid dienone is 2. The second-order valence-electron chi connectivity index (χ2n) is 9.93. The van der Waals surface area contributed by atoms with Crippen LogP contribution in [0.2, 0.25) is 0 Å². The van der Waals surface area contributed by atoms with Crippen LogP contribution in [0.5, 0.6) is 0 Å². The van der Waals surface area contributed by atoms with E-state index in [9.17, 15) is 9.90 Å². The van der Waals surface area contributed by atoms with Crippen molar-refractivity contribution in [1.82, 2.24) is 4.98 Å². The Labute approximate surface area is 188 Å². The van der Waals surface area contributed by atoms with Crippen molar-refractivity contribution in [3.63, 3.8) is 0 Å². The molecular formula is C26H30N2O2S. The number of anilines is 1. The number of nitrogens with zero attached hydrogens (tertiary/aromatic N) is 2. The largest absolute Gasteiger partial charge is 0.481 e. The molecule has 0 radical (unpaired) electrons. The van der Waals surface area contributed by atoms with Crippen molar-refractivity contribution >= 4 is 29.2 Å². The molecule has 1 aromatic heterocycles. The van der Waals surface area contributed by atoms with Crippen molar-refractivity contribution in [2.24, 2.45) is 5.41 Å². The smallest absolute Gasteiger partial charge is 0.307 e. The Bertz CT molecular complexity index is 1150. The lowest BCUT2D eigenvalue weighted by atomic mass is 9.74. The number of hydrogen-bond donors (Lipinski definition) is 1. The lowest BCUT2D eigenvalue weighted by Gasteiger charge is -2.39. The summed E-state index contributed by atoms with van der Waals surface area (Å²) in [5, 5.41) is 9.82. The zero-order valence-corrected chi connectivity index (χ0v) is 19.8. The Balaban J connectivity index is 1.84. The number of carbonyl (C=O) groups is 1. The van der Waals surface area contributed by atoms with Crippen molar-refractivity contribution in [3.05, 3.63) is 51.9 Å². The molecule has 0 saturated heterocycles. The number of carboxylic acid groups (broad SMARTS) is 1. The third-order valence-corrected chi connectivity index (χ3v) is 8.34. The minimum absolute atomic E-state index is 0.0649. The zero-order chi connectivity index (χ0) is 22.1. The van der Waals surface area contributed by atoms with Crippen LogP contribution in [0.25, 0.3) is 16.7 Å². The fourth-order valence-electron chi connectivity index (χ4n) is 5.78. The summed E-state index contributed by atoms with van der Waals surface area (Å²) in [5.74, 6) is -0.762. The summed E-state index contributed by atoms with van der Waals surface area (Å²) in [6, 6.07) is 2.38. The first-order valence-electron chi connectivity index (χ1n) is 11.1. The molecule has 5 heteroatoms. The van der Waals surface area contributed by atoms with Crippen LogP contribution in [0.1, 0.15) is 79.6 Å². The molecule has 3 aliphatic rings. The van der Waals surface area contributed by atoms with Gasteiger partial charge in [0, 0.05) is 30.0 Å². The standard InChI is InChI=1S/C26H30N2O2S/c1-14-18(13-21(29)30)22(16-6-9-26(3,4)10-7-16)19-12-20-23-17(8-11-27-20)15(2)28(31-5)25(14)24(19)23/h6,8,11,15H,7,9-10,12-13H2,1-5H3,(H,29,30). The van der Waals surface area contributed by atoms with E-state index >= 15 is 0 Å². The Hall–Kier alpha value is -2.27. The van der Waals surface area contributed by atoms with Gasteiger partial charge >= 0.3 is 5.97 Å². The Morgan fingerprint density at radius 1 is 1.32 bits per heavy atom. The number of rotatable bonds is 4. The summed E-state index contributed by atoms with van der Waals surface area (Å²) in [5.41, 5.74) is 12.5. The third-order valence-electron chi connectivity index (χ3n) is 7.45. The molecule has 2 aromatic rings. The highest BCUT2D eigenvalue weighted by Crippen LogP contribution is 2.57. The van der Waals surface area contributed by atoms with Gasteiger partial charge in [-0.3, -0.25) is 9.78 Å². The first-order valence-corrected chi connectivity index (χ1v) is 12.3. The van der Waals surface area contributed by atoms with E-state index in [-0.39, 0.29) is 12.5 Å². The van der Waals surface area contributed by atoms with E-state index in [0.717, 1.165) is 42.5 Å². The summed E-state index contributed by atoms with van der Waals surface area (Å²) in [6.45, 7) is 9.00. The van der Waals surface area contributed by atoms with E-state index in [1.165, 1.54) is 39.1 Å². The summed E-state index contributed by atoms with van der Waals surface area (Å²) in [6.07, 6.45) is 10.5. The summed E-state index contributed by atoms with van der Waals surface area (Å²) in [4.78, 5) is 16.7. The van der Waals surface area contributed by atoms with E-state index in [0.29, 0.717) is 5.41 Å². The molecule has 31 heavy (non-hydrogen) atoms. The number of aromatic nitrogens is 1. The maximum atomic E-state index is 12.0. The SMILES string of the molecule is CSN1c2c(C)c(CC(=O)O)c(C3=CCC(C)(C)CC3)c3c2-c2c(ccnc2C3)C1C. The topological polar surface area (TPSA) is 53.4 Å². The Kier molecular flexibility index (Phi) is 4.74. The quantitative estimate of drug-likeness (QED) is 0.486. The Morgan fingerprint density at radius 3 is 2.74 bits per heavy atom. The zero-order valence-electron chi connectivity index (χ0n) is 19.0. The van der Waals surface area contributed by atoms with E-state index in [4.69, 9.17) is 4.98 Å². The highest BCUT2D eigenvalue weighted by Gasteiger charge is 2.40. The molecule has 0 amide bonds. The van der Waals surface area contributed by atoms with Crippen molar-refractivity contribution in [2.75, 3.05) is 10.6 Å². The summed E-state index contributed by atoms with van der Waals surface area (Å²) in [7, 11) is 0. The van der Waals surface area contributed by atoms with Gasteiger partial charge in [-0.1, -0.05) is 31.9 Å². The molecule has 0 saturated carbocycles. The Morgan fingerprint density at radius 2 is 2.10 bits per heavy atom. The first kappa shape index (κ1) is 20.6. The summed E-state index contributed by atoms with van der Waals surface area (Å²) < 4.78 is 2.37. The first-order chi connectivity index (χ1) is 14.7. The fourth-order valence-corrected chi connectivity index (χ4v) is 6.62. The number of hydrogen-bond acceptors (Lipinski definition) is 4. The van der Waals surface area contributed by atoms with Gasteiger partial charge in [0.2, 0.25) is 0 Å². The molecule has 1 atom stereocenters. The van der Waals surface area contributed by atoms with Gasteiger partial charge in [0.25, 0.3) is 0 Å². The molecular weight excluding hydrogens is 404 g/mol. The molecule has 2 heterocycles. The van der Waals surface area contributed by atoms with Crippen LogP contribution in [-0.4, -0.2) is 22.3 Å². The van der Waals surface area contributed by atoms with Crippen LogP contribution >= 0.6 is 11.9 Å². The second-order valence-corrected chi connectivity index (χ2v) is 10.7. The molecule has 5 rings (SSSR count).